The van der Waals surface area contributed by atoms with Crippen LogP contribution in [0.4, 0.5) is 0 Å². The van der Waals surface area contributed by atoms with Gasteiger partial charge in [0.2, 0.25) is 0 Å². The summed E-state index contributed by atoms with van der Waals surface area (Å²) in [6, 6.07) is 8.93. The van der Waals surface area contributed by atoms with Crippen molar-refractivity contribution in [2.45, 2.75) is 31.0 Å². The fourth-order valence-electron chi connectivity index (χ4n) is 1.57. The van der Waals surface area contributed by atoms with E-state index in [4.69, 9.17) is 10.2 Å². The Morgan fingerprint density at radius 2 is 1.65 bits per heavy atom. The van der Waals surface area contributed by atoms with E-state index in [-0.39, 0.29) is 6.54 Å². The lowest BCUT2D eigenvalue weighted by Gasteiger charge is -2.24. The van der Waals surface area contributed by atoms with E-state index in [1.807, 2.05) is 6.07 Å². The molecule has 1 amide bonds. The zero-order valence-electron chi connectivity index (χ0n) is 10.8. The molecular formula is C13H19NO6. The molecule has 20 heavy (non-hydrogen) atoms. The summed E-state index contributed by atoms with van der Waals surface area (Å²) in [6.45, 7) is -0.640. The van der Waals surface area contributed by atoms with Crippen molar-refractivity contribution in [3.05, 3.63) is 35.9 Å². The molecule has 0 bridgehead atoms. The molecule has 0 aliphatic heterocycles. The van der Waals surface area contributed by atoms with Crippen molar-refractivity contribution in [3.8, 4) is 0 Å². The van der Waals surface area contributed by atoms with E-state index in [1.54, 1.807) is 24.3 Å². The molecule has 0 radical (unpaired) electrons. The first-order valence-electron chi connectivity index (χ1n) is 6.12. The maximum absolute atomic E-state index is 11.6. The minimum atomic E-state index is -1.91. The smallest absolute Gasteiger partial charge is 0.251 e. The van der Waals surface area contributed by atoms with Crippen molar-refractivity contribution in [3.63, 3.8) is 0 Å². The number of aliphatic hydroxyl groups is 5. The number of carbonyl (C=O) groups excluding carboxylic acids is 1. The van der Waals surface area contributed by atoms with Gasteiger partial charge in [-0.05, 0) is 5.56 Å². The summed E-state index contributed by atoms with van der Waals surface area (Å²) < 4.78 is 0. The van der Waals surface area contributed by atoms with Crippen LogP contribution in [0.1, 0.15) is 5.56 Å². The standard InChI is InChI=1S/C13H19NO6/c15-7-9(16)10(17)11(18)12(19)13(20)14-6-8-4-2-1-3-5-8/h1-5,9-12,15-19H,6-7H2,(H,14,20)/t9-,10+,11-,12-/m1/s1. The van der Waals surface area contributed by atoms with Gasteiger partial charge in [0.25, 0.3) is 5.91 Å². The topological polar surface area (TPSA) is 130 Å². The molecular weight excluding hydrogens is 266 g/mol. The summed E-state index contributed by atoms with van der Waals surface area (Å²) in [5.41, 5.74) is 0.804. The first kappa shape index (κ1) is 16.5. The van der Waals surface area contributed by atoms with Gasteiger partial charge in [0, 0.05) is 6.54 Å². The van der Waals surface area contributed by atoms with Crippen molar-refractivity contribution in [1.82, 2.24) is 5.32 Å². The lowest BCUT2D eigenvalue weighted by Crippen LogP contribution is -2.51. The van der Waals surface area contributed by atoms with Crippen LogP contribution in [-0.2, 0) is 11.3 Å². The molecule has 0 spiro atoms. The maximum atomic E-state index is 11.6. The van der Waals surface area contributed by atoms with Gasteiger partial charge in [-0.1, -0.05) is 30.3 Å². The van der Waals surface area contributed by atoms with Crippen molar-refractivity contribution >= 4 is 5.91 Å². The number of nitrogens with one attached hydrogen (secondary N) is 1. The molecule has 7 nitrogen and oxygen atoms in total. The summed E-state index contributed by atoms with van der Waals surface area (Å²) in [5, 5.41) is 48.6. The lowest BCUT2D eigenvalue weighted by molar-refractivity contribution is -0.149. The van der Waals surface area contributed by atoms with Gasteiger partial charge >= 0.3 is 0 Å². The Hall–Kier alpha value is -1.51. The molecule has 7 heteroatoms. The first-order chi connectivity index (χ1) is 9.47. The molecule has 0 aliphatic carbocycles. The maximum Gasteiger partial charge on any atom is 0.251 e. The average molecular weight is 285 g/mol. The Bertz CT molecular complexity index is 413. The molecule has 4 atom stereocenters. The number of benzene rings is 1. The van der Waals surface area contributed by atoms with Crippen molar-refractivity contribution in [2.75, 3.05) is 6.61 Å². The van der Waals surface area contributed by atoms with Gasteiger partial charge in [0.05, 0.1) is 6.61 Å². The molecule has 0 saturated heterocycles. The highest BCUT2D eigenvalue weighted by atomic mass is 16.4. The van der Waals surface area contributed by atoms with Gasteiger partial charge in [-0.15, -0.1) is 0 Å². The molecule has 0 aromatic heterocycles. The number of hydrogen-bond acceptors (Lipinski definition) is 6. The van der Waals surface area contributed by atoms with Crippen LogP contribution in [0.25, 0.3) is 0 Å². The van der Waals surface area contributed by atoms with Crippen molar-refractivity contribution in [2.24, 2.45) is 0 Å². The van der Waals surface area contributed by atoms with E-state index in [0.29, 0.717) is 0 Å². The van der Waals surface area contributed by atoms with Crippen LogP contribution in [0.2, 0.25) is 0 Å². The van der Waals surface area contributed by atoms with Crippen LogP contribution >= 0.6 is 0 Å². The van der Waals surface area contributed by atoms with E-state index < -0.39 is 36.9 Å². The normalized spacial score (nSPS) is 17.1. The average Bonchev–Trinajstić information content (AvgIpc) is 2.50. The first-order valence-corrected chi connectivity index (χ1v) is 6.12. The van der Waals surface area contributed by atoms with Crippen LogP contribution in [0, 0.1) is 0 Å². The minimum Gasteiger partial charge on any atom is -0.394 e. The van der Waals surface area contributed by atoms with E-state index in [0.717, 1.165) is 5.56 Å². The van der Waals surface area contributed by atoms with E-state index >= 15 is 0 Å². The van der Waals surface area contributed by atoms with Gasteiger partial charge in [-0.25, -0.2) is 0 Å². The molecule has 112 valence electrons. The molecule has 0 saturated carbocycles. The van der Waals surface area contributed by atoms with Crippen molar-refractivity contribution < 1.29 is 30.3 Å². The number of aliphatic hydroxyl groups excluding tert-OH is 5. The number of carbonyl (C=O) groups is 1. The Morgan fingerprint density at radius 3 is 2.20 bits per heavy atom. The van der Waals surface area contributed by atoms with Gasteiger partial charge in [0.15, 0.2) is 6.10 Å². The second-order valence-corrected chi connectivity index (χ2v) is 4.38. The summed E-state index contributed by atoms with van der Waals surface area (Å²) in [7, 11) is 0. The van der Waals surface area contributed by atoms with Gasteiger partial charge in [0.1, 0.15) is 18.3 Å². The van der Waals surface area contributed by atoms with Crippen LogP contribution in [0.5, 0.6) is 0 Å². The quantitative estimate of drug-likeness (QED) is 0.335. The lowest BCUT2D eigenvalue weighted by atomic mass is 10.0. The molecule has 0 unspecified atom stereocenters. The Morgan fingerprint density at radius 1 is 1.05 bits per heavy atom. The molecule has 1 aromatic rings. The minimum absolute atomic E-state index is 0.155. The second-order valence-electron chi connectivity index (χ2n) is 4.38. The summed E-state index contributed by atoms with van der Waals surface area (Å²) in [5.74, 6) is -0.884. The molecule has 1 aromatic carbocycles. The highest BCUT2D eigenvalue weighted by Crippen LogP contribution is 2.06. The number of amides is 1. The summed E-state index contributed by atoms with van der Waals surface area (Å²) in [6.07, 6.45) is -7.26. The van der Waals surface area contributed by atoms with Crippen LogP contribution in [-0.4, -0.2) is 62.5 Å². The third-order valence-corrected chi connectivity index (χ3v) is 2.83. The fourth-order valence-corrected chi connectivity index (χ4v) is 1.57. The number of hydrogen-bond donors (Lipinski definition) is 6. The fraction of sp³-hybridized carbons (Fsp3) is 0.462. The predicted octanol–water partition coefficient (Wildman–Crippen LogP) is -2.26. The SMILES string of the molecule is O=C(NCc1ccccc1)[C@H](O)[C@H](O)[C@@H](O)[C@H](O)CO. The highest BCUT2D eigenvalue weighted by Gasteiger charge is 2.33. The van der Waals surface area contributed by atoms with Gasteiger partial charge in [-0.2, -0.15) is 0 Å². The zero-order valence-corrected chi connectivity index (χ0v) is 10.8. The number of rotatable bonds is 7. The highest BCUT2D eigenvalue weighted by molar-refractivity contribution is 5.81. The van der Waals surface area contributed by atoms with E-state index in [1.165, 1.54) is 0 Å². The van der Waals surface area contributed by atoms with Gasteiger partial charge < -0.3 is 30.8 Å². The van der Waals surface area contributed by atoms with Crippen LogP contribution in [0.3, 0.4) is 0 Å². The van der Waals surface area contributed by atoms with E-state index in [9.17, 15) is 20.1 Å². The van der Waals surface area contributed by atoms with Crippen LogP contribution in [0.15, 0.2) is 30.3 Å². The second kappa shape index (κ2) is 7.93. The Balaban J connectivity index is 2.50. The molecule has 0 heterocycles. The Kier molecular flexibility index (Phi) is 6.56. The van der Waals surface area contributed by atoms with E-state index in [2.05, 4.69) is 5.32 Å². The monoisotopic (exact) mass is 285 g/mol. The molecule has 1 rings (SSSR count). The Labute approximate surface area is 116 Å². The summed E-state index contributed by atoms with van der Waals surface area (Å²) >= 11 is 0. The molecule has 0 fully saturated rings. The van der Waals surface area contributed by atoms with Gasteiger partial charge in [-0.3, -0.25) is 4.79 Å². The molecule has 0 aliphatic rings. The largest absolute Gasteiger partial charge is 0.394 e. The third kappa shape index (κ3) is 4.55. The molecule has 6 N–H and O–H groups in total. The van der Waals surface area contributed by atoms with Crippen molar-refractivity contribution in [1.29, 1.82) is 0 Å². The third-order valence-electron chi connectivity index (χ3n) is 2.83. The van der Waals surface area contributed by atoms with Crippen LogP contribution < -0.4 is 5.32 Å². The zero-order chi connectivity index (χ0) is 15.1. The summed E-state index contributed by atoms with van der Waals surface area (Å²) in [4.78, 5) is 11.6. The predicted molar refractivity (Wildman–Crippen MR) is 69.4 cm³/mol.